The van der Waals surface area contributed by atoms with Crippen LogP contribution in [0.2, 0.25) is 0 Å². The fourth-order valence-corrected chi connectivity index (χ4v) is 2.86. The standard InChI is InChI=1S/C14H22N2O4S/c1-12(8-10-20-2)16-14(17)15-9-11-21(18,19)13-6-4-3-5-7-13/h3-7,12H,8-11H2,1-2H3,(H2,15,16,17). The monoisotopic (exact) mass is 314 g/mol. The van der Waals surface area contributed by atoms with Gasteiger partial charge in [-0.2, -0.15) is 0 Å². The van der Waals surface area contributed by atoms with Crippen LogP contribution in [0.4, 0.5) is 4.79 Å². The number of ether oxygens (including phenoxy) is 1. The summed E-state index contributed by atoms with van der Waals surface area (Å²) in [6.45, 7) is 2.49. The van der Waals surface area contributed by atoms with E-state index >= 15 is 0 Å². The van der Waals surface area contributed by atoms with Crippen molar-refractivity contribution in [3.8, 4) is 0 Å². The van der Waals surface area contributed by atoms with Gasteiger partial charge in [0.2, 0.25) is 0 Å². The summed E-state index contributed by atoms with van der Waals surface area (Å²) in [7, 11) is -1.76. The van der Waals surface area contributed by atoms with E-state index in [1.807, 2.05) is 6.92 Å². The van der Waals surface area contributed by atoms with Crippen LogP contribution in [0, 0.1) is 0 Å². The van der Waals surface area contributed by atoms with E-state index in [2.05, 4.69) is 10.6 Å². The molecule has 0 saturated carbocycles. The first kappa shape index (κ1) is 17.5. The van der Waals surface area contributed by atoms with Crippen molar-refractivity contribution in [1.82, 2.24) is 10.6 Å². The number of carbonyl (C=O) groups is 1. The minimum absolute atomic E-state index is 0.0318. The fourth-order valence-electron chi connectivity index (χ4n) is 1.69. The first-order valence-corrected chi connectivity index (χ1v) is 8.42. The highest BCUT2D eigenvalue weighted by Gasteiger charge is 2.14. The number of nitrogens with one attached hydrogen (secondary N) is 2. The lowest BCUT2D eigenvalue weighted by Gasteiger charge is -2.14. The Labute approximate surface area is 125 Å². The molecule has 1 aromatic rings. The number of amides is 2. The number of carbonyl (C=O) groups excluding carboxylic acids is 1. The third-order valence-corrected chi connectivity index (χ3v) is 4.62. The maximum absolute atomic E-state index is 12.0. The topological polar surface area (TPSA) is 84.5 Å². The molecular formula is C14H22N2O4S. The number of methoxy groups -OCH3 is 1. The number of benzene rings is 1. The summed E-state index contributed by atoms with van der Waals surface area (Å²) in [5, 5.41) is 5.26. The highest BCUT2D eigenvalue weighted by Crippen LogP contribution is 2.09. The molecule has 0 bridgehead atoms. The van der Waals surface area contributed by atoms with Crippen molar-refractivity contribution >= 4 is 15.9 Å². The minimum atomic E-state index is -3.36. The number of hydrogen-bond acceptors (Lipinski definition) is 4. The number of urea groups is 1. The molecule has 21 heavy (non-hydrogen) atoms. The summed E-state index contributed by atoms with van der Waals surface area (Å²) in [4.78, 5) is 11.8. The first-order chi connectivity index (χ1) is 9.95. The molecule has 1 rings (SSSR count). The zero-order valence-electron chi connectivity index (χ0n) is 12.3. The van der Waals surface area contributed by atoms with Gasteiger partial charge in [0.1, 0.15) is 0 Å². The Morgan fingerprint density at radius 3 is 2.57 bits per heavy atom. The number of hydrogen-bond donors (Lipinski definition) is 2. The van der Waals surface area contributed by atoms with Crippen molar-refractivity contribution in [2.75, 3.05) is 26.0 Å². The Morgan fingerprint density at radius 2 is 1.95 bits per heavy atom. The average Bonchev–Trinajstić information content (AvgIpc) is 2.45. The van der Waals surface area contributed by atoms with Gasteiger partial charge in [-0.05, 0) is 25.5 Å². The van der Waals surface area contributed by atoms with E-state index in [0.717, 1.165) is 0 Å². The van der Waals surface area contributed by atoms with Gasteiger partial charge < -0.3 is 15.4 Å². The Hall–Kier alpha value is -1.60. The van der Waals surface area contributed by atoms with Gasteiger partial charge in [0.05, 0.1) is 10.6 Å². The maximum Gasteiger partial charge on any atom is 0.315 e. The summed E-state index contributed by atoms with van der Waals surface area (Å²) < 4.78 is 28.9. The molecule has 0 fully saturated rings. The Bertz CT molecular complexity index is 531. The van der Waals surface area contributed by atoms with E-state index in [9.17, 15) is 13.2 Å². The molecule has 0 radical (unpaired) electrons. The van der Waals surface area contributed by atoms with E-state index in [-0.39, 0.29) is 29.3 Å². The third kappa shape index (κ3) is 6.59. The predicted molar refractivity (Wildman–Crippen MR) is 81.0 cm³/mol. The zero-order valence-corrected chi connectivity index (χ0v) is 13.2. The summed E-state index contributed by atoms with van der Waals surface area (Å²) in [6.07, 6.45) is 0.701. The fraction of sp³-hybridized carbons (Fsp3) is 0.500. The SMILES string of the molecule is COCCC(C)NC(=O)NCCS(=O)(=O)c1ccccc1. The highest BCUT2D eigenvalue weighted by molar-refractivity contribution is 7.91. The maximum atomic E-state index is 12.0. The van der Waals surface area contributed by atoms with Gasteiger partial charge in [-0.1, -0.05) is 18.2 Å². The molecule has 0 aromatic heterocycles. The van der Waals surface area contributed by atoms with E-state index in [0.29, 0.717) is 13.0 Å². The molecule has 0 spiro atoms. The minimum Gasteiger partial charge on any atom is -0.385 e. The smallest absolute Gasteiger partial charge is 0.315 e. The molecule has 0 saturated heterocycles. The second-order valence-corrected chi connectivity index (χ2v) is 6.82. The summed E-state index contributed by atoms with van der Waals surface area (Å²) in [5.74, 6) is -0.128. The average molecular weight is 314 g/mol. The lowest BCUT2D eigenvalue weighted by molar-refractivity contribution is 0.184. The highest BCUT2D eigenvalue weighted by atomic mass is 32.2. The van der Waals surface area contributed by atoms with Gasteiger partial charge >= 0.3 is 6.03 Å². The van der Waals surface area contributed by atoms with Crippen LogP contribution in [0.1, 0.15) is 13.3 Å². The second-order valence-electron chi connectivity index (χ2n) is 4.71. The lowest BCUT2D eigenvalue weighted by Crippen LogP contribution is -2.42. The van der Waals surface area contributed by atoms with Crippen molar-refractivity contribution in [3.63, 3.8) is 0 Å². The molecule has 2 N–H and O–H groups in total. The molecule has 118 valence electrons. The molecule has 0 aliphatic heterocycles. The quantitative estimate of drug-likeness (QED) is 0.755. The Kier molecular flexibility index (Phi) is 7.18. The van der Waals surface area contributed by atoms with Gasteiger partial charge in [-0.15, -0.1) is 0 Å². The molecule has 7 heteroatoms. The lowest BCUT2D eigenvalue weighted by atomic mass is 10.2. The molecule has 0 heterocycles. The molecule has 1 unspecified atom stereocenters. The molecule has 6 nitrogen and oxygen atoms in total. The van der Waals surface area contributed by atoms with Crippen LogP contribution in [0.5, 0.6) is 0 Å². The van der Waals surface area contributed by atoms with Gasteiger partial charge in [-0.25, -0.2) is 13.2 Å². The molecule has 1 atom stereocenters. The van der Waals surface area contributed by atoms with Crippen LogP contribution in [-0.4, -0.2) is 46.5 Å². The van der Waals surface area contributed by atoms with E-state index in [1.165, 1.54) is 0 Å². The molecule has 1 aromatic carbocycles. The van der Waals surface area contributed by atoms with Gasteiger partial charge in [0.25, 0.3) is 0 Å². The Morgan fingerprint density at radius 1 is 1.29 bits per heavy atom. The van der Waals surface area contributed by atoms with Gasteiger partial charge in [0.15, 0.2) is 9.84 Å². The van der Waals surface area contributed by atoms with Crippen LogP contribution in [0.25, 0.3) is 0 Å². The summed E-state index contributed by atoms with van der Waals surface area (Å²) in [6, 6.07) is 7.78. The van der Waals surface area contributed by atoms with Crippen molar-refractivity contribution in [2.24, 2.45) is 0 Å². The molecule has 2 amide bonds. The van der Waals surface area contributed by atoms with E-state index < -0.39 is 9.84 Å². The van der Waals surface area contributed by atoms with Crippen LogP contribution < -0.4 is 10.6 Å². The molecule has 0 aliphatic carbocycles. The van der Waals surface area contributed by atoms with Crippen LogP contribution in [-0.2, 0) is 14.6 Å². The molecular weight excluding hydrogens is 292 g/mol. The van der Waals surface area contributed by atoms with Crippen LogP contribution in [0.15, 0.2) is 35.2 Å². The normalized spacial score (nSPS) is 12.7. The van der Waals surface area contributed by atoms with Crippen LogP contribution in [0.3, 0.4) is 0 Å². The third-order valence-electron chi connectivity index (χ3n) is 2.89. The van der Waals surface area contributed by atoms with E-state index in [1.54, 1.807) is 37.4 Å². The second kappa shape index (κ2) is 8.63. The summed E-state index contributed by atoms with van der Waals surface area (Å²) >= 11 is 0. The largest absolute Gasteiger partial charge is 0.385 e. The predicted octanol–water partition coefficient (Wildman–Crippen LogP) is 1.18. The van der Waals surface area contributed by atoms with Crippen LogP contribution >= 0.6 is 0 Å². The van der Waals surface area contributed by atoms with Gasteiger partial charge in [-0.3, -0.25) is 0 Å². The van der Waals surface area contributed by atoms with Crippen molar-refractivity contribution in [2.45, 2.75) is 24.3 Å². The van der Waals surface area contributed by atoms with E-state index in [4.69, 9.17) is 4.74 Å². The summed E-state index contributed by atoms with van der Waals surface area (Å²) in [5.41, 5.74) is 0. The zero-order chi connectivity index (χ0) is 15.7. The van der Waals surface area contributed by atoms with Crippen molar-refractivity contribution in [3.05, 3.63) is 30.3 Å². The first-order valence-electron chi connectivity index (χ1n) is 6.77. The van der Waals surface area contributed by atoms with Gasteiger partial charge in [0, 0.05) is 26.3 Å². The number of rotatable bonds is 8. The van der Waals surface area contributed by atoms with Crippen molar-refractivity contribution < 1.29 is 17.9 Å². The Balaban J connectivity index is 2.34. The number of sulfone groups is 1. The molecule has 0 aliphatic rings. The van der Waals surface area contributed by atoms with Crippen molar-refractivity contribution in [1.29, 1.82) is 0 Å².